The summed E-state index contributed by atoms with van der Waals surface area (Å²) in [5.41, 5.74) is 5.78. The van der Waals surface area contributed by atoms with E-state index in [0.29, 0.717) is 12.3 Å². The molecule has 18 heavy (non-hydrogen) atoms. The van der Waals surface area contributed by atoms with Crippen LogP contribution in [0.4, 0.5) is 0 Å². The first kappa shape index (κ1) is 16.9. The molecule has 5 heteroatoms. The second-order valence-electron chi connectivity index (χ2n) is 5.69. The van der Waals surface area contributed by atoms with Crippen molar-refractivity contribution in [1.29, 1.82) is 0 Å². The molecule has 0 aromatic heterocycles. The number of hydrogen-bond acceptors (Lipinski definition) is 3. The third kappa shape index (κ3) is 5.49. The Kier molecular flexibility index (Phi) is 6.91. The van der Waals surface area contributed by atoms with Crippen molar-refractivity contribution < 1.29 is 9.59 Å². The van der Waals surface area contributed by atoms with Crippen LogP contribution in [0.5, 0.6) is 0 Å². The molecular formula is C13H27N3O2. The summed E-state index contributed by atoms with van der Waals surface area (Å²) < 4.78 is 0. The number of nitrogens with zero attached hydrogens (tertiary/aromatic N) is 1. The number of rotatable bonds is 6. The molecule has 2 atom stereocenters. The molecule has 5 nitrogen and oxygen atoms in total. The quantitative estimate of drug-likeness (QED) is 0.731. The summed E-state index contributed by atoms with van der Waals surface area (Å²) in [4.78, 5) is 25.4. The highest BCUT2D eigenvalue weighted by Gasteiger charge is 2.26. The molecule has 106 valence electrons. The van der Waals surface area contributed by atoms with E-state index in [9.17, 15) is 9.59 Å². The molecule has 0 aromatic carbocycles. The second-order valence-corrected chi connectivity index (χ2v) is 5.69. The third-order valence-electron chi connectivity index (χ3n) is 2.78. The van der Waals surface area contributed by atoms with E-state index in [1.54, 1.807) is 14.1 Å². The molecule has 0 aliphatic heterocycles. The lowest BCUT2D eigenvalue weighted by Gasteiger charge is -2.25. The van der Waals surface area contributed by atoms with Crippen LogP contribution in [-0.4, -0.2) is 42.9 Å². The van der Waals surface area contributed by atoms with Crippen molar-refractivity contribution in [2.45, 2.75) is 46.2 Å². The molecule has 0 aliphatic carbocycles. The molecule has 3 N–H and O–H groups in total. The van der Waals surface area contributed by atoms with Crippen LogP contribution in [0, 0.1) is 11.8 Å². The van der Waals surface area contributed by atoms with Gasteiger partial charge in [0.15, 0.2) is 0 Å². The summed E-state index contributed by atoms with van der Waals surface area (Å²) in [6, 6.07) is -1.06. The monoisotopic (exact) mass is 257 g/mol. The highest BCUT2D eigenvalue weighted by Crippen LogP contribution is 2.08. The van der Waals surface area contributed by atoms with E-state index in [2.05, 4.69) is 5.32 Å². The van der Waals surface area contributed by atoms with Crippen molar-refractivity contribution in [3.8, 4) is 0 Å². The number of hydrogen-bond donors (Lipinski definition) is 2. The Morgan fingerprint density at radius 2 is 1.67 bits per heavy atom. The van der Waals surface area contributed by atoms with Crippen LogP contribution in [0.25, 0.3) is 0 Å². The van der Waals surface area contributed by atoms with Gasteiger partial charge in [0.1, 0.15) is 6.04 Å². The number of carbonyl (C=O) groups is 2. The molecule has 0 aromatic rings. The molecule has 0 heterocycles. The maximum atomic E-state index is 12.0. The van der Waals surface area contributed by atoms with E-state index in [0.717, 1.165) is 0 Å². The van der Waals surface area contributed by atoms with Gasteiger partial charge in [-0.2, -0.15) is 0 Å². The first-order valence-corrected chi connectivity index (χ1v) is 6.43. The first-order chi connectivity index (χ1) is 8.16. The highest BCUT2D eigenvalue weighted by atomic mass is 16.2. The van der Waals surface area contributed by atoms with Gasteiger partial charge in [-0.25, -0.2) is 0 Å². The standard InChI is InChI=1S/C13H27N3O2/c1-8(2)7-10(13(18)16(5)6)15-12(17)11(14)9(3)4/h8-11H,7,14H2,1-6H3,(H,15,17)/t10?,11-/m1/s1. The van der Waals surface area contributed by atoms with E-state index in [-0.39, 0.29) is 17.7 Å². The second kappa shape index (κ2) is 7.36. The average molecular weight is 257 g/mol. The summed E-state index contributed by atoms with van der Waals surface area (Å²) in [5, 5.41) is 2.76. The molecule has 1 unspecified atom stereocenters. The summed E-state index contributed by atoms with van der Waals surface area (Å²) >= 11 is 0. The molecule has 0 rings (SSSR count). The minimum Gasteiger partial charge on any atom is -0.347 e. The number of nitrogens with two attached hydrogens (primary N) is 1. The van der Waals surface area contributed by atoms with Crippen LogP contribution in [0.2, 0.25) is 0 Å². The summed E-state index contributed by atoms with van der Waals surface area (Å²) in [6.45, 7) is 7.81. The maximum absolute atomic E-state index is 12.0. The van der Waals surface area contributed by atoms with E-state index in [4.69, 9.17) is 5.73 Å². The molecule has 0 fully saturated rings. The van der Waals surface area contributed by atoms with Crippen LogP contribution in [0.15, 0.2) is 0 Å². The van der Waals surface area contributed by atoms with Gasteiger partial charge in [0, 0.05) is 14.1 Å². The molecule has 0 saturated carbocycles. The van der Waals surface area contributed by atoms with Gasteiger partial charge in [-0.1, -0.05) is 27.7 Å². The average Bonchev–Trinajstić information content (AvgIpc) is 2.24. The van der Waals surface area contributed by atoms with Crippen LogP contribution in [0.3, 0.4) is 0 Å². The Bertz CT molecular complexity index is 288. The lowest BCUT2D eigenvalue weighted by Crippen LogP contribution is -2.53. The van der Waals surface area contributed by atoms with Gasteiger partial charge in [0.2, 0.25) is 11.8 Å². The smallest absolute Gasteiger partial charge is 0.244 e. The zero-order chi connectivity index (χ0) is 14.5. The van der Waals surface area contributed by atoms with Crippen molar-refractivity contribution in [3.63, 3.8) is 0 Å². The highest BCUT2D eigenvalue weighted by molar-refractivity contribution is 5.89. The Morgan fingerprint density at radius 3 is 2.00 bits per heavy atom. The minimum atomic E-state index is -0.574. The molecule has 0 spiro atoms. The van der Waals surface area contributed by atoms with Gasteiger partial charge < -0.3 is 16.0 Å². The van der Waals surface area contributed by atoms with Gasteiger partial charge in [-0.3, -0.25) is 9.59 Å². The number of likely N-dealkylation sites (N-methyl/N-ethyl adjacent to an activating group) is 1. The molecular weight excluding hydrogens is 230 g/mol. The first-order valence-electron chi connectivity index (χ1n) is 6.43. The van der Waals surface area contributed by atoms with E-state index in [1.807, 2.05) is 27.7 Å². The van der Waals surface area contributed by atoms with E-state index in [1.165, 1.54) is 4.90 Å². The Labute approximate surface area is 110 Å². The summed E-state index contributed by atoms with van der Waals surface area (Å²) in [6.07, 6.45) is 0.619. The molecule has 0 aliphatic rings. The fraction of sp³-hybridized carbons (Fsp3) is 0.846. The van der Waals surface area contributed by atoms with E-state index >= 15 is 0 Å². The third-order valence-corrected chi connectivity index (χ3v) is 2.78. The van der Waals surface area contributed by atoms with Crippen molar-refractivity contribution in [3.05, 3.63) is 0 Å². The summed E-state index contributed by atoms with van der Waals surface area (Å²) in [7, 11) is 3.37. The largest absolute Gasteiger partial charge is 0.347 e. The minimum absolute atomic E-state index is 0.0548. The lowest BCUT2D eigenvalue weighted by molar-refractivity contribution is -0.135. The molecule has 0 saturated heterocycles. The Hall–Kier alpha value is -1.10. The predicted octanol–water partition coefficient (Wildman–Crippen LogP) is 0.589. The van der Waals surface area contributed by atoms with E-state index < -0.39 is 12.1 Å². The van der Waals surface area contributed by atoms with Crippen LogP contribution in [0.1, 0.15) is 34.1 Å². The van der Waals surface area contributed by atoms with Gasteiger partial charge in [0.05, 0.1) is 6.04 Å². The topological polar surface area (TPSA) is 75.4 Å². The van der Waals surface area contributed by atoms with Gasteiger partial charge in [-0.05, 0) is 18.3 Å². The predicted molar refractivity (Wildman–Crippen MR) is 72.9 cm³/mol. The van der Waals surface area contributed by atoms with Crippen molar-refractivity contribution in [1.82, 2.24) is 10.2 Å². The van der Waals surface area contributed by atoms with Crippen molar-refractivity contribution in [2.24, 2.45) is 17.6 Å². The van der Waals surface area contributed by atoms with Gasteiger partial charge >= 0.3 is 0 Å². The van der Waals surface area contributed by atoms with Crippen molar-refractivity contribution >= 4 is 11.8 Å². The number of amides is 2. The fourth-order valence-electron chi connectivity index (χ4n) is 1.58. The normalized spacial score (nSPS) is 14.5. The van der Waals surface area contributed by atoms with Gasteiger partial charge in [-0.15, -0.1) is 0 Å². The van der Waals surface area contributed by atoms with Gasteiger partial charge in [0.25, 0.3) is 0 Å². The zero-order valence-corrected chi connectivity index (χ0v) is 12.4. The maximum Gasteiger partial charge on any atom is 0.244 e. The molecule has 0 radical (unpaired) electrons. The number of nitrogens with one attached hydrogen (secondary N) is 1. The molecule has 0 bridgehead atoms. The number of carbonyl (C=O) groups excluding carboxylic acids is 2. The lowest BCUT2D eigenvalue weighted by atomic mass is 10.0. The van der Waals surface area contributed by atoms with Crippen LogP contribution >= 0.6 is 0 Å². The fourth-order valence-corrected chi connectivity index (χ4v) is 1.58. The zero-order valence-electron chi connectivity index (χ0n) is 12.4. The Morgan fingerprint density at radius 1 is 1.17 bits per heavy atom. The van der Waals surface area contributed by atoms with Crippen LogP contribution < -0.4 is 11.1 Å². The van der Waals surface area contributed by atoms with Crippen molar-refractivity contribution in [2.75, 3.05) is 14.1 Å². The van der Waals surface area contributed by atoms with Crippen LogP contribution in [-0.2, 0) is 9.59 Å². The molecule has 2 amide bonds. The SMILES string of the molecule is CC(C)CC(NC(=O)[C@H](N)C(C)C)C(=O)N(C)C. The Balaban J connectivity index is 4.69. The summed E-state index contributed by atoms with van der Waals surface area (Å²) in [5.74, 6) is 0.0347.